The molecule has 2 bridgehead atoms. The molecule has 36 heavy (non-hydrogen) atoms. The molecule has 1 N–H and O–H groups in total. The second-order valence-electron chi connectivity index (χ2n) is 9.32. The number of benzene rings is 1. The third kappa shape index (κ3) is 4.07. The normalized spacial score (nSPS) is 20.9. The van der Waals surface area contributed by atoms with Crippen LogP contribution in [-0.2, 0) is 4.74 Å². The van der Waals surface area contributed by atoms with Crippen molar-refractivity contribution in [3.05, 3.63) is 51.9 Å². The minimum absolute atomic E-state index is 0.0429. The molecule has 11 heteroatoms. The Morgan fingerprint density at radius 1 is 1.33 bits per heavy atom. The van der Waals surface area contributed by atoms with E-state index in [2.05, 4.69) is 21.4 Å². The monoisotopic (exact) mass is 512 g/mol. The van der Waals surface area contributed by atoms with Crippen LogP contribution >= 0.6 is 11.6 Å². The molecule has 3 heterocycles. The maximum Gasteiger partial charge on any atom is 0.358 e. The number of esters is 1. The number of aromatic nitrogens is 3. The van der Waals surface area contributed by atoms with E-state index in [4.69, 9.17) is 21.3 Å². The van der Waals surface area contributed by atoms with Gasteiger partial charge in [0.1, 0.15) is 11.2 Å². The van der Waals surface area contributed by atoms with Gasteiger partial charge in [-0.05, 0) is 44.0 Å². The van der Waals surface area contributed by atoms with Gasteiger partial charge in [-0.2, -0.15) is 5.26 Å². The van der Waals surface area contributed by atoms with Crippen molar-refractivity contribution in [2.45, 2.75) is 44.7 Å². The Kier molecular flexibility index (Phi) is 5.91. The molecule has 1 saturated heterocycles. The molecule has 2 fully saturated rings. The number of halogens is 3. The van der Waals surface area contributed by atoms with E-state index in [0.29, 0.717) is 29.0 Å². The molecule has 0 spiro atoms. The molecule has 8 nitrogen and oxygen atoms in total. The maximum absolute atomic E-state index is 14.1. The number of hydrogen-bond acceptors (Lipinski definition) is 8. The number of aryl methyl sites for hydroxylation is 1. The van der Waals surface area contributed by atoms with E-state index in [1.807, 2.05) is 26.0 Å². The van der Waals surface area contributed by atoms with E-state index >= 15 is 0 Å². The van der Waals surface area contributed by atoms with Gasteiger partial charge in [-0.25, -0.2) is 28.5 Å². The van der Waals surface area contributed by atoms with Gasteiger partial charge < -0.3 is 15.0 Å². The van der Waals surface area contributed by atoms with Crippen molar-refractivity contribution in [3.8, 4) is 6.07 Å². The Balaban J connectivity index is 1.57. The smallest absolute Gasteiger partial charge is 0.358 e. The highest BCUT2D eigenvalue weighted by Crippen LogP contribution is 2.49. The molecule has 2 aliphatic rings. The van der Waals surface area contributed by atoms with Crippen molar-refractivity contribution in [2.24, 2.45) is 5.92 Å². The number of carbonyl (C=O) groups excluding carboxylic acids is 1. The Bertz CT molecular complexity index is 1430. The number of fused-ring (bicyclic) bond motifs is 3. The minimum atomic E-state index is -2.69. The number of nitriles is 1. The van der Waals surface area contributed by atoms with Gasteiger partial charge in [0, 0.05) is 30.5 Å². The average molecular weight is 513 g/mol. The zero-order valence-corrected chi connectivity index (χ0v) is 20.6. The highest BCUT2D eigenvalue weighted by Gasteiger charge is 2.56. The molecule has 2 aromatic heterocycles. The summed E-state index contributed by atoms with van der Waals surface area (Å²) in [6.45, 7) is 3.94. The summed E-state index contributed by atoms with van der Waals surface area (Å²) in [7, 11) is 1.26. The van der Waals surface area contributed by atoms with Crippen molar-refractivity contribution >= 4 is 40.1 Å². The number of alkyl halides is 2. The van der Waals surface area contributed by atoms with Gasteiger partial charge in [0.05, 0.1) is 29.9 Å². The van der Waals surface area contributed by atoms with Crippen LogP contribution in [0.4, 0.5) is 20.3 Å². The van der Waals surface area contributed by atoms with Gasteiger partial charge >= 0.3 is 5.97 Å². The number of carbonyl (C=O) groups is 1. The van der Waals surface area contributed by atoms with Crippen molar-refractivity contribution in [1.82, 2.24) is 15.0 Å². The summed E-state index contributed by atoms with van der Waals surface area (Å²) in [6.07, 6.45) is 0.122. The van der Waals surface area contributed by atoms with Gasteiger partial charge in [0.2, 0.25) is 0 Å². The SMILES string of the molecule is COC(=O)c1nc(Cl)ccc1N[C@H](C)c1cc(C)cc2nc(C#N)c(N3C[C@H]4C[C@@H]3CC4(F)F)nc12. The van der Waals surface area contributed by atoms with Gasteiger partial charge in [-0.3, -0.25) is 0 Å². The number of rotatable bonds is 5. The summed E-state index contributed by atoms with van der Waals surface area (Å²) in [6, 6.07) is 8.32. The largest absolute Gasteiger partial charge is 0.464 e. The maximum atomic E-state index is 14.1. The van der Waals surface area contributed by atoms with E-state index < -0.39 is 17.8 Å². The fraction of sp³-hybridized carbons (Fsp3) is 0.400. The lowest BCUT2D eigenvalue weighted by molar-refractivity contribution is -0.0411. The molecule has 5 rings (SSSR count). The highest BCUT2D eigenvalue weighted by molar-refractivity contribution is 6.29. The second-order valence-corrected chi connectivity index (χ2v) is 9.71. The summed E-state index contributed by atoms with van der Waals surface area (Å²) >= 11 is 5.98. The Morgan fingerprint density at radius 2 is 2.11 bits per heavy atom. The quantitative estimate of drug-likeness (QED) is 0.374. The zero-order chi connectivity index (χ0) is 25.8. The predicted octanol–water partition coefficient (Wildman–Crippen LogP) is 5.05. The van der Waals surface area contributed by atoms with E-state index in [-0.39, 0.29) is 41.6 Å². The van der Waals surface area contributed by atoms with Crippen molar-refractivity contribution in [3.63, 3.8) is 0 Å². The van der Waals surface area contributed by atoms with E-state index in [9.17, 15) is 18.8 Å². The number of pyridine rings is 1. The number of nitrogens with zero attached hydrogens (tertiary/aromatic N) is 5. The summed E-state index contributed by atoms with van der Waals surface area (Å²) in [4.78, 5) is 27.5. The van der Waals surface area contributed by atoms with Crippen LogP contribution in [0.2, 0.25) is 5.15 Å². The molecule has 0 unspecified atom stereocenters. The number of hydrogen-bond donors (Lipinski definition) is 1. The van der Waals surface area contributed by atoms with Gasteiger partial charge in [0.25, 0.3) is 5.92 Å². The van der Waals surface area contributed by atoms with Crippen LogP contribution in [-0.4, -0.2) is 46.5 Å². The molecule has 3 aromatic rings. The second kappa shape index (κ2) is 8.82. The van der Waals surface area contributed by atoms with Crippen LogP contribution in [0, 0.1) is 24.2 Å². The molecule has 1 aliphatic carbocycles. The fourth-order valence-corrected chi connectivity index (χ4v) is 5.35. The van der Waals surface area contributed by atoms with E-state index in [1.54, 1.807) is 17.0 Å². The Morgan fingerprint density at radius 3 is 2.75 bits per heavy atom. The number of anilines is 2. The molecular weight excluding hydrogens is 490 g/mol. The lowest BCUT2D eigenvalue weighted by Gasteiger charge is -2.32. The summed E-state index contributed by atoms with van der Waals surface area (Å²) in [5, 5.41) is 13.2. The van der Waals surface area contributed by atoms with Crippen LogP contribution in [0.1, 0.15) is 53.1 Å². The average Bonchev–Trinajstić information content (AvgIpc) is 3.39. The molecule has 1 aromatic carbocycles. The van der Waals surface area contributed by atoms with Crippen molar-refractivity contribution in [2.75, 3.05) is 23.9 Å². The lowest BCUT2D eigenvalue weighted by Crippen LogP contribution is -2.41. The third-order valence-corrected chi connectivity index (χ3v) is 7.11. The van der Waals surface area contributed by atoms with E-state index in [1.165, 1.54) is 7.11 Å². The summed E-state index contributed by atoms with van der Waals surface area (Å²) < 4.78 is 33.1. The molecular formula is C25H23ClF2N6O2. The molecule has 3 atom stereocenters. The van der Waals surface area contributed by atoms with Crippen molar-refractivity contribution in [1.29, 1.82) is 5.26 Å². The van der Waals surface area contributed by atoms with Crippen molar-refractivity contribution < 1.29 is 18.3 Å². The fourth-order valence-electron chi connectivity index (χ4n) is 5.20. The minimum Gasteiger partial charge on any atom is -0.464 e. The molecule has 1 saturated carbocycles. The molecule has 186 valence electrons. The predicted molar refractivity (Wildman–Crippen MR) is 130 cm³/mol. The Hall–Kier alpha value is -3.58. The number of nitrogens with one attached hydrogen (secondary N) is 1. The van der Waals surface area contributed by atoms with Gasteiger partial charge in [-0.15, -0.1) is 0 Å². The standard InChI is InChI=1S/C25H23ClF2N6O2/c1-12-6-16(13(2)30-17-4-5-20(26)32-22(17)24(35)36-3)21-18(7-12)31-19(10-29)23(33-21)34-11-14-8-15(34)9-25(14,27)28/h4-7,13-15,30H,8-9,11H2,1-3H3/t13-,14-,15-/m1/s1. The first-order chi connectivity index (χ1) is 17.1. The van der Waals surface area contributed by atoms with Crippen LogP contribution in [0.3, 0.4) is 0 Å². The topological polar surface area (TPSA) is 104 Å². The summed E-state index contributed by atoms with van der Waals surface area (Å²) in [5.74, 6) is -3.75. The first-order valence-electron chi connectivity index (χ1n) is 11.5. The first-order valence-corrected chi connectivity index (χ1v) is 11.9. The zero-order valence-electron chi connectivity index (χ0n) is 19.8. The van der Waals surface area contributed by atoms with Gasteiger partial charge in [0.15, 0.2) is 17.2 Å². The number of piperidine rings is 1. The number of methoxy groups -OCH3 is 1. The van der Waals surface area contributed by atoms with Crippen LogP contribution < -0.4 is 10.2 Å². The first kappa shape index (κ1) is 24.1. The Labute approximate surface area is 211 Å². The summed E-state index contributed by atoms with van der Waals surface area (Å²) in [5.41, 5.74) is 3.32. The lowest BCUT2D eigenvalue weighted by atomic mass is 10.0. The molecule has 1 aliphatic heterocycles. The van der Waals surface area contributed by atoms with Crippen LogP contribution in [0.5, 0.6) is 0 Å². The van der Waals surface area contributed by atoms with Crippen LogP contribution in [0.25, 0.3) is 11.0 Å². The number of ether oxygens (including phenoxy) is 1. The molecule has 0 radical (unpaired) electrons. The van der Waals surface area contributed by atoms with E-state index in [0.717, 1.165) is 11.1 Å². The third-order valence-electron chi connectivity index (χ3n) is 6.90. The van der Waals surface area contributed by atoms with Gasteiger partial charge in [-0.1, -0.05) is 17.7 Å². The van der Waals surface area contributed by atoms with Crippen LogP contribution in [0.15, 0.2) is 24.3 Å². The molecule has 0 amide bonds. The highest BCUT2D eigenvalue weighted by atomic mass is 35.5.